The number of carbonyl (C=O) groups excluding carboxylic acids is 1. The molecule has 1 N–H and O–H groups in total. The van der Waals surface area contributed by atoms with Gasteiger partial charge in [0.1, 0.15) is 5.75 Å². The summed E-state index contributed by atoms with van der Waals surface area (Å²) >= 11 is 5.81. The lowest BCUT2D eigenvalue weighted by Gasteiger charge is -2.15. The van der Waals surface area contributed by atoms with Gasteiger partial charge in [-0.3, -0.25) is 4.79 Å². The van der Waals surface area contributed by atoms with E-state index in [1.807, 2.05) is 36.4 Å². The van der Waals surface area contributed by atoms with Crippen molar-refractivity contribution < 1.29 is 9.53 Å². The molecule has 0 fully saturated rings. The highest BCUT2D eigenvalue weighted by Crippen LogP contribution is 2.28. The maximum absolute atomic E-state index is 11.8. The molecule has 0 aliphatic rings. The Morgan fingerprint density at radius 1 is 1.25 bits per heavy atom. The highest BCUT2D eigenvalue weighted by atomic mass is 35.5. The minimum atomic E-state index is -0.306. The number of halogens is 1. The summed E-state index contributed by atoms with van der Waals surface area (Å²) in [7, 11) is 0. The van der Waals surface area contributed by atoms with Crippen molar-refractivity contribution in [2.24, 2.45) is 5.10 Å². The number of ether oxygens (including phenoxy) is 1. The molecule has 5 heteroatoms. The Morgan fingerprint density at radius 2 is 1.96 bits per heavy atom. The molecule has 1 unspecified atom stereocenters. The van der Waals surface area contributed by atoms with Gasteiger partial charge in [-0.05, 0) is 41.7 Å². The number of nitrogens with zero attached hydrogens (tertiary/aromatic N) is 1. The van der Waals surface area contributed by atoms with Crippen molar-refractivity contribution in [2.75, 3.05) is 6.61 Å². The van der Waals surface area contributed by atoms with Crippen LogP contribution in [0.1, 0.15) is 37.3 Å². The molecule has 0 saturated carbocycles. The Hall–Kier alpha value is -2.33. The molecule has 1 atom stereocenters. The van der Waals surface area contributed by atoms with E-state index >= 15 is 0 Å². The largest absolute Gasteiger partial charge is 0.483 e. The number of benzene rings is 2. The number of amides is 1. The standard InChI is InChI=1S/C19H21ClN2O2/c1-3-14(2)17-6-4-5-7-18(17)24-13-19(23)22-21-12-15-8-10-16(20)11-9-15/h4-12,14H,3,13H2,1-2H3,(H,22,23). The van der Waals surface area contributed by atoms with E-state index in [9.17, 15) is 4.79 Å². The molecule has 126 valence electrons. The molecule has 2 rings (SSSR count). The van der Waals surface area contributed by atoms with Crippen LogP contribution in [0.2, 0.25) is 5.02 Å². The van der Waals surface area contributed by atoms with E-state index in [-0.39, 0.29) is 12.5 Å². The van der Waals surface area contributed by atoms with Gasteiger partial charge >= 0.3 is 0 Å². The Balaban J connectivity index is 1.86. The molecule has 0 bridgehead atoms. The van der Waals surface area contributed by atoms with Crippen molar-refractivity contribution in [2.45, 2.75) is 26.2 Å². The first-order valence-electron chi connectivity index (χ1n) is 7.89. The van der Waals surface area contributed by atoms with Crippen LogP contribution in [0.15, 0.2) is 53.6 Å². The Morgan fingerprint density at radius 3 is 2.67 bits per heavy atom. The van der Waals surface area contributed by atoms with Crippen LogP contribution >= 0.6 is 11.6 Å². The van der Waals surface area contributed by atoms with Crippen molar-refractivity contribution in [1.82, 2.24) is 5.43 Å². The topological polar surface area (TPSA) is 50.7 Å². The molecular formula is C19H21ClN2O2. The van der Waals surface area contributed by atoms with Crippen LogP contribution in [-0.2, 0) is 4.79 Å². The molecule has 2 aromatic carbocycles. The average molecular weight is 345 g/mol. The fourth-order valence-electron chi connectivity index (χ4n) is 2.14. The van der Waals surface area contributed by atoms with Crippen LogP contribution < -0.4 is 10.2 Å². The minimum Gasteiger partial charge on any atom is -0.483 e. The SMILES string of the molecule is CCC(C)c1ccccc1OCC(=O)NN=Cc1ccc(Cl)cc1. The van der Waals surface area contributed by atoms with E-state index in [4.69, 9.17) is 16.3 Å². The average Bonchev–Trinajstić information content (AvgIpc) is 2.61. The normalized spacial score (nSPS) is 12.1. The predicted molar refractivity (Wildman–Crippen MR) is 97.8 cm³/mol. The summed E-state index contributed by atoms with van der Waals surface area (Å²) in [6.07, 6.45) is 2.57. The number of hydrazone groups is 1. The summed E-state index contributed by atoms with van der Waals surface area (Å²) in [5.74, 6) is 0.815. The van der Waals surface area contributed by atoms with Gasteiger partial charge in [-0.25, -0.2) is 5.43 Å². The number of carbonyl (C=O) groups is 1. The zero-order valence-electron chi connectivity index (χ0n) is 13.8. The van der Waals surface area contributed by atoms with Crippen LogP contribution in [0.4, 0.5) is 0 Å². The second-order valence-corrected chi connectivity index (χ2v) is 5.92. The zero-order chi connectivity index (χ0) is 17.4. The van der Waals surface area contributed by atoms with E-state index in [1.165, 1.54) is 0 Å². The fourth-order valence-corrected chi connectivity index (χ4v) is 2.27. The van der Waals surface area contributed by atoms with Crippen LogP contribution in [0, 0.1) is 0 Å². The summed E-state index contributed by atoms with van der Waals surface area (Å²) in [4.78, 5) is 11.8. The van der Waals surface area contributed by atoms with Crippen molar-refractivity contribution in [3.05, 3.63) is 64.7 Å². The Kier molecular flexibility index (Phi) is 6.82. The van der Waals surface area contributed by atoms with E-state index in [1.54, 1.807) is 18.3 Å². The highest BCUT2D eigenvalue weighted by Gasteiger charge is 2.10. The monoisotopic (exact) mass is 344 g/mol. The summed E-state index contributed by atoms with van der Waals surface area (Å²) in [5.41, 5.74) is 4.41. The molecule has 0 radical (unpaired) electrons. The number of hydrogen-bond acceptors (Lipinski definition) is 3. The Bertz CT molecular complexity index is 699. The Labute approximate surface area is 147 Å². The van der Waals surface area contributed by atoms with Crippen molar-refractivity contribution >= 4 is 23.7 Å². The van der Waals surface area contributed by atoms with Gasteiger partial charge in [-0.1, -0.05) is 55.8 Å². The zero-order valence-corrected chi connectivity index (χ0v) is 14.6. The molecule has 4 nitrogen and oxygen atoms in total. The number of para-hydroxylation sites is 1. The highest BCUT2D eigenvalue weighted by molar-refractivity contribution is 6.30. The number of nitrogens with one attached hydrogen (secondary N) is 1. The fraction of sp³-hybridized carbons (Fsp3) is 0.263. The third kappa shape index (κ3) is 5.39. The lowest BCUT2D eigenvalue weighted by atomic mass is 9.98. The molecule has 24 heavy (non-hydrogen) atoms. The van der Waals surface area contributed by atoms with E-state index in [0.29, 0.717) is 10.9 Å². The molecule has 0 aromatic heterocycles. The summed E-state index contributed by atoms with van der Waals surface area (Å²) < 4.78 is 5.64. The number of rotatable bonds is 7. The van der Waals surface area contributed by atoms with Gasteiger partial charge in [0, 0.05) is 5.02 Å². The molecule has 1 amide bonds. The summed E-state index contributed by atoms with van der Waals surface area (Å²) in [6, 6.07) is 14.9. The third-order valence-electron chi connectivity index (χ3n) is 3.69. The third-order valence-corrected chi connectivity index (χ3v) is 3.95. The first kappa shape index (κ1) is 18.0. The van der Waals surface area contributed by atoms with Gasteiger partial charge < -0.3 is 4.74 Å². The van der Waals surface area contributed by atoms with Gasteiger partial charge in [0.25, 0.3) is 5.91 Å². The lowest BCUT2D eigenvalue weighted by Crippen LogP contribution is -2.24. The maximum Gasteiger partial charge on any atom is 0.277 e. The molecule has 0 heterocycles. The van der Waals surface area contributed by atoms with Crippen LogP contribution in [0.25, 0.3) is 0 Å². The predicted octanol–water partition coefficient (Wildman–Crippen LogP) is 4.38. The van der Waals surface area contributed by atoms with Crippen LogP contribution in [0.5, 0.6) is 5.75 Å². The molecule has 0 aliphatic carbocycles. The van der Waals surface area contributed by atoms with Gasteiger partial charge in [0.2, 0.25) is 0 Å². The smallest absolute Gasteiger partial charge is 0.277 e. The maximum atomic E-state index is 11.8. The lowest BCUT2D eigenvalue weighted by molar-refractivity contribution is -0.123. The first-order chi connectivity index (χ1) is 11.6. The molecule has 0 aliphatic heterocycles. The van der Waals surface area contributed by atoms with Crippen LogP contribution in [-0.4, -0.2) is 18.7 Å². The van der Waals surface area contributed by atoms with Crippen molar-refractivity contribution in [3.8, 4) is 5.75 Å². The molecule has 0 spiro atoms. The van der Waals surface area contributed by atoms with Gasteiger partial charge in [-0.2, -0.15) is 5.10 Å². The molecular weight excluding hydrogens is 324 g/mol. The summed E-state index contributed by atoms with van der Waals surface area (Å²) in [6.45, 7) is 4.18. The van der Waals surface area contributed by atoms with Gasteiger partial charge in [-0.15, -0.1) is 0 Å². The van der Waals surface area contributed by atoms with Crippen molar-refractivity contribution in [1.29, 1.82) is 0 Å². The molecule has 2 aromatic rings. The van der Waals surface area contributed by atoms with Gasteiger partial charge in [0.15, 0.2) is 6.61 Å². The van der Waals surface area contributed by atoms with E-state index in [0.717, 1.165) is 23.3 Å². The van der Waals surface area contributed by atoms with E-state index < -0.39 is 0 Å². The second-order valence-electron chi connectivity index (χ2n) is 5.48. The molecule has 0 saturated heterocycles. The van der Waals surface area contributed by atoms with E-state index in [2.05, 4.69) is 24.4 Å². The number of hydrogen-bond donors (Lipinski definition) is 1. The summed E-state index contributed by atoms with van der Waals surface area (Å²) in [5, 5.41) is 4.57. The minimum absolute atomic E-state index is 0.0780. The van der Waals surface area contributed by atoms with Crippen LogP contribution in [0.3, 0.4) is 0 Å². The van der Waals surface area contributed by atoms with Gasteiger partial charge in [0.05, 0.1) is 6.21 Å². The second kappa shape index (κ2) is 9.08. The van der Waals surface area contributed by atoms with Crippen molar-refractivity contribution in [3.63, 3.8) is 0 Å². The first-order valence-corrected chi connectivity index (χ1v) is 8.27. The quantitative estimate of drug-likeness (QED) is 0.598.